The molecule has 1 atom stereocenters. The zero-order chi connectivity index (χ0) is 14.4. The van der Waals surface area contributed by atoms with Crippen LogP contribution in [0.25, 0.3) is 0 Å². The second kappa shape index (κ2) is 7.39. The largest absolute Gasteiger partial charge is 0.497 e. The van der Waals surface area contributed by atoms with Crippen molar-refractivity contribution in [2.75, 3.05) is 39.7 Å². The van der Waals surface area contributed by atoms with Crippen molar-refractivity contribution in [1.82, 2.24) is 4.90 Å². The highest BCUT2D eigenvalue weighted by atomic mass is 16.5. The molecule has 0 saturated carbocycles. The van der Waals surface area contributed by atoms with Gasteiger partial charge in [0.2, 0.25) is 0 Å². The molecule has 1 unspecified atom stereocenters. The van der Waals surface area contributed by atoms with Crippen LogP contribution in [0.3, 0.4) is 0 Å². The summed E-state index contributed by atoms with van der Waals surface area (Å²) >= 11 is 0. The fraction of sp³-hybridized carbons (Fsp3) is 0.625. The van der Waals surface area contributed by atoms with E-state index >= 15 is 0 Å². The van der Waals surface area contributed by atoms with Crippen LogP contribution in [0.5, 0.6) is 11.5 Å². The molecule has 0 aliphatic carbocycles. The molecule has 1 fully saturated rings. The maximum Gasteiger partial charge on any atom is 0.124 e. The molecule has 0 amide bonds. The summed E-state index contributed by atoms with van der Waals surface area (Å²) in [7, 11) is 5.59. The van der Waals surface area contributed by atoms with Crippen molar-refractivity contribution in [2.24, 2.45) is 0 Å². The van der Waals surface area contributed by atoms with Gasteiger partial charge >= 0.3 is 0 Å². The Morgan fingerprint density at radius 1 is 1.15 bits per heavy atom. The number of hydrogen-bond acceptors (Lipinski definition) is 4. The lowest BCUT2D eigenvalue weighted by atomic mass is 10.0. The van der Waals surface area contributed by atoms with E-state index in [2.05, 4.69) is 17.3 Å². The first-order valence-corrected chi connectivity index (χ1v) is 7.40. The van der Waals surface area contributed by atoms with E-state index < -0.39 is 0 Å². The zero-order valence-electron chi connectivity index (χ0n) is 12.8. The summed E-state index contributed by atoms with van der Waals surface area (Å²) < 4.78 is 10.6. The highest BCUT2D eigenvalue weighted by molar-refractivity contribution is 5.53. The van der Waals surface area contributed by atoms with Crippen LogP contribution in [-0.2, 0) is 0 Å². The van der Waals surface area contributed by atoms with Crippen molar-refractivity contribution in [3.8, 4) is 11.5 Å². The quantitative estimate of drug-likeness (QED) is 0.867. The standard InChI is InChI=1S/C16H26N2O2/c1-18-9-5-4-6-14(18)7-8-17-13-10-15(19-2)12-16(11-13)20-3/h10-12,14,17H,4-9H2,1-3H3. The van der Waals surface area contributed by atoms with Crippen LogP contribution in [-0.4, -0.2) is 45.3 Å². The summed E-state index contributed by atoms with van der Waals surface area (Å²) in [6.45, 7) is 2.21. The molecule has 1 N–H and O–H groups in total. The van der Waals surface area contributed by atoms with Crippen LogP contribution in [0, 0.1) is 0 Å². The molecule has 1 aromatic carbocycles. The first-order valence-electron chi connectivity index (χ1n) is 7.40. The number of hydrogen-bond donors (Lipinski definition) is 1. The maximum atomic E-state index is 5.28. The van der Waals surface area contributed by atoms with Crippen LogP contribution in [0.1, 0.15) is 25.7 Å². The Morgan fingerprint density at radius 3 is 2.45 bits per heavy atom. The molecule has 2 rings (SSSR count). The van der Waals surface area contributed by atoms with Gasteiger partial charge in [0.05, 0.1) is 14.2 Å². The fourth-order valence-corrected chi connectivity index (χ4v) is 2.80. The molecular formula is C16H26N2O2. The molecule has 0 radical (unpaired) electrons. The van der Waals surface area contributed by atoms with E-state index in [0.717, 1.165) is 23.7 Å². The van der Waals surface area contributed by atoms with Crippen molar-refractivity contribution in [3.63, 3.8) is 0 Å². The Morgan fingerprint density at radius 2 is 1.85 bits per heavy atom. The average Bonchev–Trinajstić information content (AvgIpc) is 2.48. The number of piperidine rings is 1. The molecule has 4 nitrogen and oxygen atoms in total. The van der Waals surface area contributed by atoms with Gasteiger partial charge < -0.3 is 19.7 Å². The minimum Gasteiger partial charge on any atom is -0.497 e. The Hall–Kier alpha value is -1.42. The highest BCUT2D eigenvalue weighted by Gasteiger charge is 2.17. The lowest BCUT2D eigenvalue weighted by molar-refractivity contribution is 0.179. The summed E-state index contributed by atoms with van der Waals surface area (Å²) in [5.74, 6) is 1.64. The summed E-state index contributed by atoms with van der Waals surface area (Å²) in [4.78, 5) is 2.48. The Kier molecular flexibility index (Phi) is 5.53. The Bertz CT molecular complexity index is 401. The lowest BCUT2D eigenvalue weighted by Gasteiger charge is -2.32. The predicted octanol–water partition coefficient (Wildman–Crippen LogP) is 2.99. The summed E-state index contributed by atoms with van der Waals surface area (Å²) in [6, 6.07) is 6.61. The first kappa shape index (κ1) is 15.0. The minimum absolute atomic E-state index is 0.712. The van der Waals surface area contributed by atoms with Gasteiger partial charge in [0.15, 0.2) is 0 Å². The molecule has 0 spiro atoms. The highest BCUT2D eigenvalue weighted by Crippen LogP contribution is 2.26. The first-order chi connectivity index (χ1) is 9.72. The van der Waals surface area contributed by atoms with E-state index in [1.54, 1.807) is 14.2 Å². The molecule has 1 heterocycles. The zero-order valence-corrected chi connectivity index (χ0v) is 12.8. The predicted molar refractivity (Wildman–Crippen MR) is 82.9 cm³/mol. The second-order valence-corrected chi connectivity index (χ2v) is 5.45. The normalized spacial score (nSPS) is 19.6. The van der Waals surface area contributed by atoms with Crippen molar-refractivity contribution in [3.05, 3.63) is 18.2 Å². The van der Waals surface area contributed by atoms with Crippen LogP contribution >= 0.6 is 0 Å². The molecular weight excluding hydrogens is 252 g/mol. The van der Waals surface area contributed by atoms with Gasteiger partial charge in [-0.1, -0.05) is 6.42 Å². The van der Waals surface area contributed by atoms with Gasteiger partial charge in [0.25, 0.3) is 0 Å². The van der Waals surface area contributed by atoms with Gasteiger partial charge in [-0.25, -0.2) is 0 Å². The molecule has 1 aliphatic heterocycles. The summed E-state index contributed by atoms with van der Waals surface area (Å²) in [5.41, 5.74) is 1.06. The molecule has 0 aromatic heterocycles. The topological polar surface area (TPSA) is 33.7 Å². The number of nitrogens with one attached hydrogen (secondary N) is 1. The number of benzene rings is 1. The number of methoxy groups -OCH3 is 2. The summed E-state index contributed by atoms with van der Waals surface area (Å²) in [6.07, 6.45) is 5.20. The van der Waals surface area contributed by atoms with Crippen molar-refractivity contribution < 1.29 is 9.47 Å². The number of likely N-dealkylation sites (tertiary alicyclic amines) is 1. The van der Waals surface area contributed by atoms with E-state index in [1.807, 2.05) is 18.2 Å². The second-order valence-electron chi connectivity index (χ2n) is 5.45. The minimum atomic E-state index is 0.712. The fourth-order valence-electron chi connectivity index (χ4n) is 2.80. The van der Waals surface area contributed by atoms with Gasteiger partial charge in [-0.2, -0.15) is 0 Å². The molecule has 1 aliphatic rings. The van der Waals surface area contributed by atoms with Crippen molar-refractivity contribution >= 4 is 5.69 Å². The van der Waals surface area contributed by atoms with E-state index in [9.17, 15) is 0 Å². The van der Waals surface area contributed by atoms with Crippen LogP contribution in [0.15, 0.2) is 18.2 Å². The van der Waals surface area contributed by atoms with Gasteiger partial charge in [-0.3, -0.25) is 0 Å². The molecule has 1 saturated heterocycles. The lowest BCUT2D eigenvalue weighted by Crippen LogP contribution is -2.37. The molecule has 0 bridgehead atoms. The third-order valence-corrected chi connectivity index (χ3v) is 4.08. The number of anilines is 1. The van der Waals surface area contributed by atoms with Crippen molar-refractivity contribution in [1.29, 1.82) is 0 Å². The average molecular weight is 278 g/mol. The Balaban J connectivity index is 1.86. The smallest absolute Gasteiger partial charge is 0.124 e. The number of ether oxygens (including phenoxy) is 2. The monoisotopic (exact) mass is 278 g/mol. The molecule has 1 aromatic rings. The van der Waals surface area contributed by atoms with E-state index in [0.29, 0.717) is 6.04 Å². The van der Waals surface area contributed by atoms with Crippen LogP contribution in [0.2, 0.25) is 0 Å². The molecule has 4 heteroatoms. The van der Waals surface area contributed by atoms with E-state index in [1.165, 1.54) is 32.2 Å². The van der Waals surface area contributed by atoms with Gasteiger partial charge in [0.1, 0.15) is 11.5 Å². The van der Waals surface area contributed by atoms with Gasteiger partial charge in [-0.15, -0.1) is 0 Å². The van der Waals surface area contributed by atoms with Crippen molar-refractivity contribution in [2.45, 2.75) is 31.7 Å². The van der Waals surface area contributed by atoms with E-state index in [-0.39, 0.29) is 0 Å². The number of nitrogens with zero attached hydrogens (tertiary/aromatic N) is 1. The summed E-state index contributed by atoms with van der Waals surface area (Å²) in [5, 5.41) is 3.48. The third kappa shape index (κ3) is 4.04. The van der Waals surface area contributed by atoms with Crippen LogP contribution < -0.4 is 14.8 Å². The van der Waals surface area contributed by atoms with E-state index in [4.69, 9.17) is 9.47 Å². The van der Waals surface area contributed by atoms with Gasteiger partial charge in [0, 0.05) is 36.5 Å². The Labute approximate surface area is 122 Å². The molecule has 20 heavy (non-hydrogen) atoms. The molecule has 112 valence electrons. The SMILES string of the molecule is COc1cc(NCCC2CCCCN2C)cc(OC)c1. The van der Waals surface area contributed by atoms with Gasteiger partial charge in [-0.05, 0) is 32.9 Å². The van der Waals surface area contributed by atoms with Crippen LogP contribution in [0.4, 0.5) is 5.69 Å². The third-order valence-electron chi connectivity index (χ3n) is 4.08. The number of rotatable bonds is 6. The maximum absolute atomic E-state index is 5.28.